The predicted octanol–water partition coefficient (Wildman–Crippen LogP) is 3.60. The molecule has 0 N–H and O–H groups in total. The van der Waals surface area contributed by atoms with Crippen LogP contribution in [0.4, 0.5) is 0 Å². The van der Waals surface area contributed by atoms with E-state index in [0.29, 0.717) is 0 Å². The maximum absolute atomic E-state index is 2.35. The first-order chi connectivity index (χ1) is 6.35. The van der Waals surface area contributed by atoms with E-state index in [0.717, 1.165) is 12.8 Å². The fraction of sp³-hybridized carbons (Fsp3) is 0.385. The summed E-state index contributed by atoms with van der Waals surface area (Å²) < 4.78 is 0. The Morgan fingerprint density at radius 1 is 1.31 bits per heavy atom. The van der Waals surface area contributed by atoms with Gasteiger partial charge in [0.15, 0.2) is 0 Å². The number of allylic oxidation sites excluding steroid dienone is 2. The van der Waals surface area contributed by atoms with Crippen LogP contribution in [0.2, 0.25) is 0 Å². The average Bonchev–Trinajstić information content (AvgIpc) is 2.14. The van der Waals surface area contributed by atoms with Crippen LogP contribution in [0.5, 0.6) is 0 Å². The SMILES string of the molecule is CCC=C1Cc2ccc(CC)cc21. The lowest BCUT2D eigenvalue weighted by Gasteiger charge is -2.23. The van der Waals surface area contributed by atoms with Crippen molar-refractivity contribution in [3.05, 3.63) is 41.0 Å². The molecular formula is C13H16. The number of hydrogen-bond donors (Lipinski definition) is 0. The largest absolute Gasteiger partial charge is 0.0806 e. The van der Waals surface area contributed by atoms with Crippen molar-refractivity contribution < 1.29 is 0 Å². The molecule has 0 fully saturated rings. The van der Waals surface area contributed by atoms with E-state index in [9.17, 15) is 0 Å². The normalized spacial score (nSPS) is 16.9. The van der Waals surface area contributed by atoms with Gasteiger partial charge in [0.05, 0.1) is 0 Å². The fourth-order valence-electron chi connectivity index (χ4n) is 1.92. The first-order valence-electron chi connectivity index (χ1n) is 5.16. The zero-order valence-electron chi connectivity index (χ0n) is 8.43. The maximum Gasteiger partial charge on any atom is -0.00169 e. The minimum absolute atomic E-state index is 1.15. The lowest BCUT2D eigenvalue weighted by molar-refractivity contribution is 1.08. The summed E-state index contributed by atoms with van der Waals surface area (Å²) in [6, 6.07) is 6.88. The molecule has 0 heteroatoms. The second-order valence-corrected chi connectivity index (χ2v) is 3.66. The summed E-state index contributed by atoms with van der Waals surface area (Å²) in [4.78, 5) is 0. The molecule has 1 aromatic carbocycles. The summed E-state index contributed by atoms with van der Waals surface area (Å²) in [6.45, 7) is 4.41. The van der Waals surface area contributed by atoms with Crippen molar-refractivity contribution in [2.45, 2.75) is 33.1 Å². The summed E-state index contributed by atoms with van der Waals surface area (Å²) in [6.07, 6.45) is 5.84. The molecule has 0 atom stereocenters. The third-order valence-corrected chi connectivity index (χ3v) is 2.76. The van der Waals surface area contributed by atoms with Gasteiger partial charge in [-0.25, -0.2) is 0 Å². The number of hydrogen-bond acceptors (Lipinski definition) is 0. The van der Waals surface area contributed by atoms with Crippen LogP contribution in [0.1, 0.15) is 37.0 Å². The molecule has 68 valence electrons. The van der Waals surface area contributed by atoms with Crippen molar-refractivity contribution in [3.63, 3.8) is 0 Å². The Hall–Kier alpha value is -1.04. The average molecular weight is 172 g/mol. The van der Waals surface area contributed by atoms with Crippen LogP contribution in [0.25, 0.3) is 5.57 Å². The van der Waals surface area contributed by atoms with Crippen LogP contribution in [-0.4, -0.2) is 0 Å². The van der Waals surface area contributed by atoms with E-state index in [4.69, 9.17) is 0 Å². The molecule has 1 aliphatic carbocycles. The van der Waals surface area contributed by atoms with Crippen molar-refractivity contribution in [2.75, 3.05) is 0 Å². The van der Waals surface area contributed by atoms with Crippen LogP contribution in [-0.2, 0) is 12.8 Å². The van der Waals surface area contributed by atoms with E-state index < -0.39 is 0 Å². The number of fused-ring (bicyclic) bond motifs is 1. The van der Waals surface area contributed by atoms with Gasteiger partial charge < -0.3 is 0 Å². The summed E-state index contributed by atoms with van der Waals surface area (Å²) in [5, 5.41) is 0. The van der Waals surface area contributed by atoms with E-state index in [1.807, 2.05) is 0 Å². The van der Waals surface area contributed by atoms with Crippen LogP contribution in [0.15, 0.2) is 24.3 Å². The third-order valence-electron chi connectivity index (χ3n) is 2.76. The highest BCUT2D eigenvalue weighted by Crippen LogP contribution is 2.34. The second-order valence-electron chi connectivity index (χ2n) is 3.66. The Balaban J connectivity index is 2.34. The van der Waals surface area contributed by atoms with Crippen molar-refractivity contribution in [1.82, 2.24) is 0 Å². The smallest absolute Gasteiger partial charge is 0.00169 e. The van der Waals surface area contributed by atoms with Gasteiger partial charge >= 0.3 is 0 Å². The van der Waals surface area contributed by atoms with E-state index in [1.54, 1.807) is 5.57 Å². The summed E-state index contributed by atoms with van der Waals surface area (Å²) in [7, 11) is 0. The summed E-state index contributed by atoms with van der Waals surface area (Å²) >= 11 is 0. The topological polar surface area (TPSA) is 0 Å². The third kappa shape index (κ3) is 1.41. The Morgan fingerprint density at radius 2 is 2.15 bits per heavy atom. The van der Waals surface area contributed by atoms with Gasteiger partial charge in [-0.15, -0.1) is 0 Å². The minimum Gasteiger partial charge on any atom is -0.0806 e. The molecule has 1 aliphatic rings. The standard InChI is InChI=1S/C13H16/c1-3-5-11-9-12-7-6-10(4-2)8-13(11)12/h5-8H,3-4,9H2,1-2H3. The molecule has 0 saturated carbocycles. The molecule has 0 unspecified atom stereocenters. The van der Waals surface area contributed by atoms with E-state index in [-0.39, 0.29) is 0 Å². The highest BCUT2D eigenvalue weighted by molar-refractivity contribution is 5.79. The van der Waals surface area contributed by atoms with E-state index in [2.05, 4.69) is 38.1 Å². The first-order valence-corrected chi connectivity index (χ1v) is 5.16. The zero-order valence-corrected chi connectivity index (χ0v) is 8.43. The fourth-order valence-corrected chi connectivity index (χ4v) is 1.92. The second kappa shape index (κ2) is 3.37. The monoisotopic (exact) mass is 172 g/mol. The van der Waals surface area contributed by atoms with Gasteiger partial charge in [0, 0.05) is 0 Å². The van der Waals surface area contributed by atoms with Crippen LogP contribution >= 0.6 is 0 Å². The molecule has 13 heavy (non-hydrogen) atoms. The van der Waals surface area contributed by atoms with Gasteiger partial charge in [-0.3, -0.25) is 0 Å². The first kappa shape index (κ1) is 8.55. The quantitative estimate of drug-likeness (QED) is 0.639. The number of aryl methyl sites for hydroxylation is 1. The predicted molar refractivity (Wildman–Crippen MR) is 57.8 cm³/mol. The van der Waals surface area contributed by atoms with Gasteiger partial charge in [-0.1, -0.05) is 38.1 Å². The van der Waals surface area contributed by atoms with Gasteiger partial charge in [-0.2, -0.15) is 0 Å². The Kier molecular flexibility index (Phi) is 2.22. The molecule has 1 aromatic rings. The van der Waals surface area contributed by atoms with Crippen molar-refractivity contribution in [3.8, 4) is 0 Å². The molecular weight excluding hydrogens is 156 g/mol. The number of rotatable bonds is 2. The Morgan fingerprint density at radius 3 is 2.85 bits per heavy atom. The van der Waals surface area contributed by atoms with Crippen LogP contribution in [0.3, 0.4) is 0 Å². The molecule has 0 spiro atoms. The van der Waals surface area contributed by atoms with Crippen molar-refractivity contribution in [2.24, 2.45) is 0 Å². The van der Waals surface area contributed by atoms with Gasteiger partial charge in [0.1, 0.15) is 0 Å². The maximum atomic E-state index is 2.35. The summed E-state index contributed by atoms with van der Waals surface area (Å²) in [5.74, 6) is 0. The zero-order chi connectivity index (χ0) is 9.26. The molecule has 0 bridgehead atoms. The van der Waals surface area contributed by atoms with Gasteiger partial charge in [0.2, 0.25) is 0 Å². The highest BCUT2D eigenvalue weighted by atomic mass is 14.2. The minimum atomic E-state index is 1.15. The van der Waals surface area contributed by atoms with E-state index >= 15 is 0 Å². The van der Waals surface area contributed by atoms with E-state index in [1.165, 1.54) is 23.1 Å². The van der Waals surface area contributed by atoms with Crippen molar-refractivity contribution >= 4 is 5.57 Å². The molecule has 0 nitrogen and oxygen atoms in total. The molecule has 2 rings (SSSR count). The van der Waals surface area contributed by atoms with Crippen LogP contribution in [0, 0.1) is 0 Å². The lowest BCUT2D eigenvalue weighted by atomic mass is 9.81. The highest BCUT2D eigenvalue weighted by Gasteiger charge is 2.18. The lowest BCUT2D eigenvalue weighted by Crippen LogP contribution is -2.07. The summed E-state index contributed by atoms with van der Waals surface area (Å²) in [5.41, 5.74) is 6.03. The molecule has 0 heterocycles. The Bertz CT molecular complexity index is 345. The molecule has 0 aliphatic heterocycles. The molecule has 0 amide bonds. The van der Waals surface area contributed by atoms with Crippen LogP contribution < -0.4 is 0 Å². The molecule has 0 radical (unpaired) electrons. The van der Waals surface area contributed by atoms with Gasteiger partial charge in [-0.05, 0) is 41.5 Å². The van der Waals surface area contributed by atoms with Gasteiger partial charge in [0.25, 0.3) is 0 Å². The van der Waals surface area contributed by atoms with Crippen molar-refractivity contribution in [1.29, 1.82) is 0 Å². The number of benzene rings is 1. The Labute approximate surface area is 80.3 Å². The molecule has 0 saturated heterocycles. The molecule has 0 aromatic heterocycles.